The summed E-state index contributed by atoms with van der Waals surface area (Å²) in [5, 5.41) is 6.46. The van der Waals surface area contributed by atoms with Crippen molar-refractivity contribution in [3.8, 4) is 0 Å². The lowest BCUT2D eigenvalue weighted by Crippen LogP contribution is -2.14. The highest BCUT2D eigenvalue weighted by molar-refractivity contribution is 5.92. The molecule has 22 heavy (non-hydrogen) atoms. The molecule has 0 spiro atoms. The summed E-state index contributed by atoms with van der Waals surface area (Å²) in [6, 6.07) is 7.49. The number of H-pyrrole nitrogens is 1. The predicted octanol–water partition coefficient (Wildman–Crippen LogP) is 3.16. The zero-order valence-electron chi connectivity index (χ0n) is 12.8. The number of aromatic amines is 1. The third kappa shape index (κ3) is 3.00. The summed E-state index contributed by atoms with van der Waals surface area (Å²) < 4.78 is 4.92. The van der Waals surface area contributed by atoms with E-state index in [1.165, 1.54) is 0 Å². The van der Waals surface area contributed by atoms with Crippen molar-refractivity contribution in [2.45, 2.75) is 33.1 Å². The number of imidazole rings is 1. The molecule has 0 atom stereocenters. The molecule has 3 rings (SSSR count). The van der Waals surface area contributed by atoms with E-state index in [-0.39, 0.29) is 12.3 Å². The minimum Gasteiger partial charge on any atom is -0.360 e. The smallest absolute Gasteiger partial charge is 0.230 e. The molecular weight excluding hydrogens is 280 g/mol. The summed E-state index contributed by atoms with van der Waals surface area (Å²) in [5.74, 6) is 2.27. The summed E-state index contributed by atoms with van der Waals surface area (Å²) >= 11 is 0. The van der Waals surface area contributed by atoms with E-state index in [0.29, 0.717) is 17.5 Å². The van der Waals surface area contributed by atoms with Gasteiger partial charge in [-0.05, 0) is 24.6 Å². The van der Waals surface area contributed by atoms with E-state index in [0.717, 1.165) is 22.4 Å². The van der Waals surface area contributed by atoms with Crippen molar-refractivity contribution in [3.63, 3.8) is 0 Å². The van der Waals surface area contributed by atoms with Crippen molar-refractivity contribution in [2.75, 3.05) is 5.32 Å². The van der Waals surface area contributed by atoms with Crippen LogP contribution in [0.1, 0.15) is 36.9 Å². The molecule has 2 N–H and O–H groups in total. The van der Waals surface area contributed by atoms with Crippen LogP contribution in [0, 0.1) is 6.92 Å². The van der Waals surface area contributed by atoms with E-state index in [1.54, 1.807) is 13.0 Å². The van der Waals surface area contributed by atoms with Crippen molar-refractivity contribution in [1.29, 1.82) is 0 Å². The van der Waals surface area contributed by atoms with Crippen molar-refractivity contribution in [3.05, 3.63) is 41.4 Å². The molecule has 6 nitrogen and oxygen atoms in total. The van der Waals surface area contributed by atoms with Gasteiger partial charge in [-0.2, -0.15) is 0 Å². The molecular formula is C16H18N4O2. The molecule has 0 radical (unpaired) electrons. The first-order valence-corrected chi connectivity index (χ1v) is 7.23. The third-order valence-electron chi connectivity index (χ3n) is 3.37. The maximum atomic E-state index is 12.0. The van der Waals surface area contributed by atoms with Crippen molar-refractivity contribution in [2.24, 2.45) is 0 Å². The lowest BCUT2D eigenvalue weighted by Gasteiger charge is -2.01. The van der Waals surface area contributed by atoms with Gasteiger partial charge in [-0.15, -0.1) is 0 Å². The number of benzene rings is 1. The van der Waals surface area contributed by atoms with Gasteiger partial charge >= 0.3 is 0 Å². The predicted molar refractivity (Wildman–Crippen MR) is 83.8 cm³/mol. The zero-order chi connectivity index (χ0) is 15.7. The minimum atomic E-state index is -0.128. The van der Waals surface area contributed by atoms with Crippen molar-refractivity contribution >= 4 is 22.8 Å². The molecule has 0 saturated heterocycles. The zero-order valence-corrected chi connectivity index (χ0v) is 12.8. The fourth-order valence-corrected chi connectivity index (χ4v) is 2.26. The Hall–Kier alpha value is -2.63. The van der Waals surface area contributed by atoms with E-state index in [9.17, 15) is 4.79 Å². The van der Waals surface area contributed by atoms with Crippen LogP contribution in [0.5, 0.6) is 0 Å². The summed E-state index contributed by atoms with van der Waals surface area (Å²) in [4.78, 5) is 19.8. The lowest BCUT2D eigenvalue weighted by atomic mass is 10.1. The van der Waals surface area contributed by atoms with Crippen LogP contribution in [-0.2, 0) is 11.2 Å². The van der Waals surface area contributed by atoms with Crippen LogP contribution in [0.3, 0.4) is 0 Å². The molecule has 6 heteroatoms. The van der Waals surface area contributed by atoms with E-state index in [2.05, 4.69) is 34.3 Å². The van der Waals surface area contributed by atoms with E-state index in [4.69, 9.17) is 4.52 Å². The number of fused-ring (bicyclic) bond motifs is 1. The summed E-state index contributed by atoms with van der Waals surface area (Å²) in [7, 11) is 0. The SMILES string of the molecule is Cc1cc(NC(=O)Cc2ccc3nc(C(C)C)[nH]c3c2)no1. The molecule has 2 heterocycles. The molecule has 2 aromatic heterocycles. The number of carbonyl (C=O) groups excluding carboxylic acids is 1. The number of carbonyl (C=O) groups is 1. The molecule has 0 unspecified atom stereocenters. The van der Waals surface area contributed by atoms with E-state index >= 15 is 0 Å². The quantitative estimate of drug-likeness (QED) is 0.775. The number of amides is 1. The average molecular weight is 298 g/mol. The Morgan fingerprint density at radius 3 is 2.86 bits per heavy atom. The summed E-state index contributed by atoms with van der Waals surface area (Å²) in [6.45, 7) is 5.96. The van der Waals surface area contributed by atoms with Crippen LogP contribution in [0.4, 0.5) is 5.82 Å². The van der Waals surface area contributed by atoms with Crippen LogP contribution >= 0.6 is 0 Å². The standard InChI is InChI=1S/C16H18N4O2/c1-9(2)16-17-12-5-4-11(7-13(12)18-16)8-15(21)19-14-6-10(3)22-20-14/h4-7,9H,8H2,1-3H3,(H,17,18)(H,19,20,21). The van der Waals surface area contributed by atoms with Gasteiger partial charge in [0, 0.05) is 12.0 Å². The van der Waals surface area contributed by atoms with Crippen LogP contribution in [0.2, 0.25) is 0 Å². The second-order valence-corrected chi connectivity index (χ2v) is 5.68. The maximum absolute atomic E-state index is 12.0. The fourth-order valence-electron chi connectivity index (χ4n) is 2.26. The highest BCUT2D eigenvalue weighted by Crippen LogP contribution is 2.19. The molecule has 1 aromatic carbocycles. The Morgan fingerprint density at radius 2 is 2.18 bits per heavy atom. The van der Waals surface area contributed by atoms with Crippen LogP contribution in [-0.4, -0.2) is 21.0 Å². The number of aromatic nitrogens is 3. The third-order valence-corrected chi connectivity index (χ3v) is 3.37. The minimum absolute atomic E-state index is 0.128. The van der Waals surface area contributed by atoms with Gasteiger partial charge < -0.3 is 14.8 Å². The second-order valence-electron chi connectivity index (χ2n) is 5.68. The Kier molecular flexibility index (Phi) is 3.66. The number of nitrogens with one attached hydrogen (secondary N) is 2. The van der Waals surface area contributed by atoms with Gasteiger partial charge in [0.25, 0.3) is 0 Å². The highest BCUT2D eigenvalue weighted by atomic mass is 16.5. The second kappa shape index (κ2) is 5.63. The number of hydrogen-bond acceptors (Lipinski definition) is 4. The van der Waals surface area contributed by atoms with Gasteiger partial charge in [0.15, 0.2) is 5.82 Å². The average Bonchev–Trinajstić information content (AvgIpc) is 3.04. The summed E-state index contributed by atoms with van der Waals surface area (Å²) in [5.41, 5.74) is 2.79. The van der Waals surface area contributed by atoms with Crippen LogP contribution in [0.25, 0.3) is 11.0 Å². The van der Waals surface area contributed by atoms with Gasteiger partial charge in [-0.25, -0.2) is 4.98 Å². The van der Waals surface area contributed by atoms with Gasteiger partial charge in [0.05, 0.1) is 17.5 Å². The maximum Gasteiger partial charge on any atom is 0.230 e. The Morgan fingerprint density at radius 1 is 1.36 bits per heavy atom. The molecule has 0 aliphatic carbocycles. The van der Waals surface area contributed by atoms with Crippen LogP contribution < -0.4 is 5.32 Å². The van der Waals surface area contributed by atoms with E-state index < -0.39 is 0 Å². The van der Waals surface area contributed by atoms with Crippen LogP contribution in [0.15, 0.2) is 28.8 Å². The first-order valence-electron chi connectivity index (χ1n) is 7.23. The normalized spacial score (nSPS) is 11.3. The number of aryl methyl sites for hydroxylation is 1. The van der Waals surface area contributed by atoms with Crippen molar-refractivity contribution < 1.29 is 9.32 Å². The first kappa shape index (κ1) is 14.3. The fraction of sp³-hybridized carbons (Fsp3) is 0.312. The molecule has 0 saturated carbocycles. The molecule has 0 aliphatic rings. The highest BCUT2D eigenvalue weighted by Gasteiger charge is 2.10. The molecule has 0 aliphatic heterocycles. The van der Waals surface area contributed by atoms with Gasteiger partial charge in [0.1, 0.15) is 11.6 Å². The lowest BCUT2D eigenvalue weighted by molar-refractivity contribution is -0.115. The topological polar surface area (TPSA) is 83.8 Å². The Balaban J connectivity index is 1.74. The Labute approximate surface area is 127 Å². The van der Waals surface area contributed by atoms with E-state index in [1.807, 2.05) is 18.2 Å². The number of anilines is 1. The number of rotatable bonds is 4. The van der Waals surface area contributed by atoms with Gasteiger partial charge in [0.2, 0.25) is 5.91 Å². The molecule has 1 amide bonds. The largest absolute Gasteiger partial charge is 0.360 e. The molecule has 0 bridgehead atoms. The monoisotopic (exact) mass is 298 g/mol. The first-order chi connectivity index (χ1) is 10.5. The molecule has 3 aromatic rings. The van der Waals surface area contributed by atoms with Crippen molar-refractivity contribution in [1.82, 2.24) is 15.1 Å². The number of hydrogen-bond donors (Lipinski definition) is 2. The summed E-state index contributed by atoms with van der Waals surface area (Å²) in [6.07, 6.45) is 0.276. The molecule has 114 valence electrons. The van der Waals surface area contributed by atoms with Gasteiger partial charge in [-0.1, -0.05) is 25.1 Å². The van der Waals surface area contributed by atoms with Gasteiger partial charge in [-0.3, -0.25) is 4.79 Å². The molecule has 0 fully saturated rings. The number of nitrogens with zero attached hydrogens (tertiary/aromatic N) is 2. The Bertz CT molecular complexity index is 817.